The van der Waals surface area contributed by atoms with Crippen molar-refractivity contribution in [1.29, 1.82) is 0 Å². The zero-order valence-corrected chi connectivity index (χ0v) is 14.7. The molecule has 1 aromatic heterocycles. The largest absolute Gasteiger partial charge is 0.480 e. The number of carbonyl (C=O) groups is 3. The number of aromatic nitrogens is 1. The number of carboxylic acids is 1. The molecule has 0 bridgehead atoms. The zero-order chi connectivity index (χ0) is 19.1. The minimum absolute atomic E-state index is 0.266. The van der Waals surface area contributed by atoms with Gasteiger partial charge in [0.2, 0.25) is 0 Å². The van der Waals surface area contributed by atoms with E-state index in [1.54, 1.807) is 37.3 Å². The van der Waals surface area contributed by atoms with Gasteiger partial charge in [-0.15, -0.1) is 0 Å². The van der Waals surface area contributed by atoms with E-state index in [4.69, 9.17) is 5.11 Å². The molecule has 0 aliphatic carbocycles. The summed E-state index contributed by atoms with van der Waals surface area (Å²) in [5, 5.41) is 11.8. The molecular weight excluding hydrogens is 334 g/mol. The summed E-state index contributed by atoms with van der Waals surface area (Å²) in [6, 6.07) is 8.21. The maximum Gasteiger partial charge on any atom is 0.323 e. The molecule has 0 saturated carbocycles. The van der Waals surface area contributed by atoms with Gasteiger partial charge in [0.25, 0.3) is 11.8 Å². The number of benzene rings is 1. The van der Waals surface area contributed by atoms with Crippen molar-refractivity contribution in [3.05, 3.63) is 59.4 Å². The Bertz CT molecular complexity index is 806. The van der Waals surface area contributed by atoms with Gasteiger partial charge in [0, 0.05) is 24.5 Å². The number of carbonyl (C=O) groups excluding carboxylic acids is 2. The molecule has 0 atom stereocenters. The Hall–Kier alpha value is -3.22. The van der Waals surface area contributed by atoms with Crippen LogP contribution < -0.4 is 5.32 Å². The fraction of sp³-hybridized carbons (Fsp3) is 0.263. The number of carboxylic acid groups (broad SMARTS) is 1. The first-order chi connectivity index (χ1) is 12.4. The van der Waals surface area contributed by atoms with Gasteiger partial charge in [0.05, 0.1) is 11.3 Å². The first-order valence-electron chi connectivity index (χ1n) is 8.26. The normalized spacial score (nSPS) is 10.2. The molecule has 0 aliphatic heterocycles. The highest BCUT2D eigenvalue weighted by molar-refractivity contribution is 6.09. The van der Waals surface area contributed by atoms with Crippen molar-refractivity contribution in [2.45, 2.75) is 20.3 Å². The van der Waals surface area contributed by atoms with Crippen molar-refractivity contribution in [2.75, 3.05) is 18.4 Å². The van der Waals surface area contributed by atoms with Gasteiger partial charge >= 0.3 is 5.97 Å². The first kappa shape index (κ1) is 19.1. The van der Waals surface area contributed by atoms with Crippen molar-refractivity contribution < 1.29 is 19.5 Å². The summed E-state index contributed by atoms with van der Waals surface area (Å²) in [5.74, 6) is -1.87. The number of rotatable bonds is 7. The lowest BCUT2D eigenvalue weighted by atomic mass is 10.1. The molecule has 0 fully saturated rings. The van der Waals surface area contributed by atoms with Crippen LogP contribution in [0.25, 0.3) is 0 Å². The molecule has 0 unspecified atom stereocenters. The maximum atomic E-state index is 12.9. The fourth-order valence-electron chi connectivity index (χ4n) is 2.56. The highest BCUT2D eigenvalue weighted by Gasteiger charge is 2.22. The number of aryl methyl sites for hydroxylation is 1. The number of hydrogen-bond donors (Lipinski definition) is 2. The van der Waals surface area contributed by atoms with Gasteiger partial charge in [0.15, 0.2) is 0 Å². The standard InChI is InChI=1S/C19H21N3O4/c1-3-11-22(12-16(23)24)19(26)15-6-4-5-13(2)17(15)21-18(25)14-7-9-20-10-8-14/h4-10H,3,11-12H2,1-2H3,(H,21,25)(H,23,24). The monoisotopic (exact) mass is 355 g/mol. The third kappa shape index (κ3) is 4.66. The highest BCUT2D eigenvalue weighted by atomic mass is 16.4. The van der Waals surface area contributed by atoms with Crippen LogP contribution in [0.3, 0.4) is 0 Å². The van der Waals surface area contributed by atoms with Gasteiger partial charge in [-0.3, -0.25) is 19.4 Å². The minimum Gasteiger partial charge on any atom is -0.480 e. The van der Waals surface area contributed by atoms with Crippen LogP contribution in [0.15, 0.2) is 42.7 Å². The summed E-state index contributed by atoms with van der Waals surface area (Å²) in [4.78, 5) is 41.5. The van der Waals surface area contributed by atoms with Crippen LogP contribution in [0.2, 0.25) is 0 Å². The predicted molar refractivity (Wildman–Crippen MR) is 97.2 cm³/mol. The smallest absolute Gasteiger partial charge is 0.323 e. The van der Waals surface area contributed by atoms with E-state index in [1.807, 2.05) is 6.92 Å². The minimum atomic E-state index is -1.08. The molecule has 2 rings (SSSR count). The van der Waals surface area contributed by atoms with Crippen LogP contribution in [0.5, 0.6) is 0 Å². The molecule has 0 spiro atoms. The number of nitrogens with one attached hydrogen (secondary N) is 1. The number of anilines is 1. The summed E-state index contributed by atoms with van der Waals surface area (Å²) in [6.45, 7) is 3.57. The molecule has 2 aromatic rings. The van der Waals surface area contributed by atoms with Crippen molar-refractivity contribution in [2.24, 2.45) is 0 Å². The van der Waals surface area contributed by atoms with Gasteiger partial charge < -0.3 is 15.3 Å². The second-order valence-corrected chi connectivity index (χ2v) is 5.81. The molecular formula is C19H21N3O4. The number of aliphatic carboxylic acids is 1. The van der Waals surface area contributed by atoms with Crippen LogP contribution in [-0.4, -0.2) is 45.9 Å². The quantitative estimate of drug-likeness (QED) is 0.795. The molecule has 1 aromatic carbocycles. The van der Waals surface area contributed by atoms with E-state index in [0.717, 1.165) is 0 Å². The van der Waals surface area contributed by atoms with Gasteiger partial charge in [-0.2, -0.15) is 0 Å². The Morgan fingerprint density at radius 3 is 2.46 bits per heavy atom. The van der Waals surface area contributed by atoms with E-state index in [1.165, 1.54) is 17.3 Å². The van der Waals surface area contributed by atoms with Crippen LogP contribution in [0.1, 0.15) is 39.6 Å². The summed E-state index contributed by atoms with van der Waals surface area (Å²) in [7, 11) is 0. The van der Waals surface area contributed by atoms with Crippen LogP contribution in [0, 0.1) is 6.92 Å². The van der Waals surface area contributed by atoms with Gasteiger partial charge in [-0.05, 0) is 37.1 Å². The number of hydrogen-bond acceptors (Lipinski definition) is 4. The second kappa shape index (κ2) is 8.75. The summed E-state index contributed by atoms with van der Waals surface area (Å²) in [6.07, 6.45) is 3.65. The average Bonchev–Trinajstić information content (AvgIpc) is 2.62. The SMILES string of the molecule is CCCN(CC(=O)O)C(=O)c1cccc(C)c1NC(=O)c1ccncc1. The molecule has 7 nitrogen and oxygen atoms in total. The highest BCUT2D eigenvalue weighted by Crippen LogP contribution is 2.23. The van der Waals surface area contributed by atoms with E-state index in [0.29, 0.717) is 29.8 Å². The van der Waals surface area contributed by atoms with Gasteiger partial charge in [-0.1, -0.05) is 19.1 Å². The van der Waals surface area contributed by atoms with E-state index in [2.05, 4.69) is 10.3 Å². The van der Waals surface area contributed by atoms with Crippen molar-refractivity contribution in [1.82, 2.24) is 9.88 Å². The van der Waals surface area contributed by atoms with E-state index in [-0.39, 0.29) is 11.5 Å². The lowest BCUT2D eigenvalue weighted by Crippen LogP contribution is -2.36. The maximum absolute atomic E-state index is 12.9. The Morgan fingerprint density at radius 2 is 1.85 bits per heavy atom. The number of pyridine rings is 1. The molecule has 0 radical (unpaired) electrons. The third-order valence-corrected chi connectivity index (χ3v) is 3.79. The lowest BCUT2D eigenvalue weighted by molar-refractivity contribution is -0.137. The first-order valence-corrected chi connectivity index (χ1v) is 8.26. The number of para-hydroxylation sites is 1. The summed E-state index contributed by atoms with van der Waals surface area (Å²) >= 11 is 0. The van der Waals surface area contributed by atoms with E-state index < -0.39 is 18.4 Å². The molecule has 2 N–H and O–H groups in total. The Labute approximate surface area is 151 Å². The van der Waals surface area contributed by atoms with Crippen molar-refractivity contribution >= 4 is 23.5 Å². The van der Waals surface area contributed by atoms with Crippen LogP contribution >= 0.6 is 0 Å². The topological polar surface area (TPSA) is 99.6 Å². The molecule has 0 saturated heterocycles. The Kier molecular flexibility index (Phi) is 6.43. The number of nitrogens with zero attached hydrogens (tertiary/aromatic N) is 2. The summed E-state index contributed by atoms with van der Waals surface area (Å²) in [5.41, 5.74) is 1.77. The van der Waals surface area contributed by atoms with Gasteiger partial charge in [0.1, 0.15) is 6.54 Å². The third-order valence-electron chi connectivity index (χ3n) is 3.79. The molecule has 1 heterocycles. The molecule has 0 aliphatic rings. The van der Waals surface area contributed by atoms with E-state index >= 15 is 0 Å². The summed E-state index contributed by atoms with van der Waals surface area (Å²) < 4.78 is 0. The van der Waals surface area contributed by atoms with Crippen LogP contribution in [0.4, 0.5) is 5.69 Å². The molecule has 26 heavy (non-hydrogen) atoms. The lowest BCUT2D eigenvalue weighted by Gasteiger charge is -2.22. The van der Waals surface area contributed by atoms with Gasteiger partial charge in [-0.25, -0.2) is 0 Å². The van der Waals surface area contributed by atoms with Crippen molar-refractivity contribution in [3.63, 3.8) is 0 Å². The van der Waals surface area contributed by atoms with Crippen LogP contribution in [-0.2, 0) is 4.79 Å². The molecule has 7 heteroatoms. The number of amides is 2. The fourth-order valence-corrected chi connectivity index (χ4v) is 2.56. The Balaban J connectivity index is 2.34. The van der Waals surface area contributed by atoms with Crippen molar-refractivity contribution in [3.8, 4) is 0 Å². The predicted octanol–water partition coefficient (Wildman–Crippen LogP) is 2.58. The average molecular weight is 355 g/mol. The second-order valence-electron chi connectivity index (χ2n) is 5.81. The molecule has 136 valence electrons. The zero-order valence-electron chi connectivity index (χ0n) is 14.7. The van der Waals surface area contributed by atoms with E-state index in [9.17, 15) is 14.4 Å². The molecule has 2 amide bonds. The Morgan fingerprint density at radius 1 is 1.15 bits per heavy atom.